The Hall–Kier alpha value is -2.30. The molecule has 29 heavy (non-hydrogen) atoms. The summed E-state index contributed by atoms with van der Waals surface area (Å²) >= 11 is 0. The average molecular weight is 415 g/mol. The van der Waals surface area contributed by atoms with Crippen LogP contribution in [0.5, 0.6) is 5.75 Å². The lowest BCUT2D eigenvalue weighted by Gasteiger charge is -2.35. The fourth-order valence-electron chi connectivity index (χ4n) is 3.40. The molecule has 0 spiro atoms. The molecule has 0 aromatic heterocycles. The molecule has 1 atom stereocenters. The van der Waals surface area contributed by atoms with Gasteiger partial charge in [0.2, 0.25) is 5.91 Å². The van der Waals surface area contributed by atoms with E-state index in [1.807, 2.05) is 42.2 Å². The van der Waals surface area contributed by atoms with Crippen molar-refractivity contribution < 1.29 is 9.53 Å². The number of carbonyl (C=O) groups excluding carboxylic acids is 1. The summed E-state index contributed by atoms with van der Waals surface area (Å²) in [4.78, 5) is 15.4. The van der Waals surface area contributed by atoms with Crippen LogP contribution in [0.3, 0.4) is 0 Å². The highest BCUT2D eigenvalue weighted by Crippen LogP contribution is 2.28. The molecule has 5 heteroatoms. The minimum absolute atomic E-state index is 0. The quantitative estimate of drug-likeness (QED) is 0.637. The predicted molar refractivity (Wildman–Crippen MR) is 122 cm³/mol. The predicted octanol–water partition coefficient (Wildman–Crippen LogP) is 4.68. The molecule has 1 heterocycles. The van der Waals surface area contributed by atoms with Crippen LogP contribution in [0.4, 0.5) is 5.69 Å². The summed E-state index contributed by atoms with van der Waals surface area (Å²) < 4.78 is 5.82. The molecule has 1 saturated heterocycles. The van der Waals surface area contributed by atoms with Crippen molar-refractivity contribution in [2.45, 2.75) is 27.3 Å². The third kappa shape index (κ3) is 5.40. The van der Waals surface area contributed by atoms with E-state index in [0.29, 0.717) is 19.1 Å². The van der Waals surface area contributed by atoms with Crippen LogP contribution in [0.1, 0.15) is 23.6 Å². The minimum Gasteiger partial charge on any atom is -0.489 e. The monoisotopic (exact) mass is 414 g/mol. The van der Waals surface area contributed by atoms with Gasteiger partial charge in [-0.15, -0.1) is 12.4 Å². The summed E-state index contributed by atoms with van der Waals surface area (Å²) in [5.74, 6) is 1.33. The number of para-hydroxylation sites is 1. The van der Waals surface area contributed by atoms with Crippen LogP contribution in [-0.4, -0.2) is 25.6 Å². The van der Waals surface area contributed by atoms with Gasteiger partial charge in [0.25, 0.3) is 0 Å². The van der Waals surface area contributed by atoms with Crippen molar-refractivity contribution in [3.05, 3.63) is 71.8 Å². The van der Waals surface area contributed by atoms with Gasteiger partial charge in [-0.05, 0) is 62.2 Å². The van der Waals surface area contributed by atoms with E-state index in [-0.39, 0.29) is 24.2 Å². The molecule has 1 aliphatic heterocycles. The molecular weight excluding hydrogens is 384 g/mol. The van der Waals surface area contributed by atoms with Gasteiger partial charge in [-0.2, -0.15) is 0 Å². The van der Waals surface area contributed by atoms with Crippen molar-refractivity contribution >= 4 is 24.0 Å². The number of anilines is 1. The zero-order valence-electron chi connectivity index (χ0n) is 17.5. The lowest BCUT2D eigenvalue weighted by molar-refractivity contribution is -0.124. The lowest BCUT2D eigenvalue weighted by Crippen LogP contribution is -2.50. The third-order valence-electron chi connectivity index (χ3n) is 5.64. The van der Waals surface area contributed by atoms with Gasteiger partial charge in [0.05, 0.1) is 6.54 Å². The van der Waals surface area contributed by atoms with Crippen molar-refractivity contribution in [3.8, 4) is 5.75 Å². The van der Waals surface area contributed by atoms with Gasteiger partial charge in [0.15, 0.2) is 0 Å². The second-order valence-electron chi connectivity index (χ2n) is 7.61. The maximum atomic E-state index is 13.4. The summed E-state index contributed by atoms with van der Waals surface area (Å²) in [6.07, 6.45) is 1.73. The Kier molecular flexibility index (Phi) is 8.30. The summed E-state index contributed by atoms with van der Waals surface area (Å²) in [5.41, 5.74) is 4.34. The Bertz CT molecular complexity index is 849. The number of ether oxygens (including phenoxy) is 1. The van der Waals surface area contributed by atoms with E-state index < -0.39 is 0 Å². The van der Waals surface area contributed by atoms with Gasteiger partial charge < -0.3 is 15.0 Å². The van der Waals surface area contributed by atoms with Crippen LogP contribution in [-0.2, 0) is 11.3 Å². The molecule has 2 aromatic carbocycles. The van der Waals surface area contributed by atoms with E-state index in [2.05, 4.69) is 37.9 Å². The molecule has 156 valence electrons. The first-order valence-corrected chi connectivity index (χ1v) is 9.92. The standard InChI is InChI=1S/C24H30N2O2.ClH/c1-5-12-28-23-9-7-6-8-20(23)16-26(22-11-10-17(2)18(3)13-22)24(27)19(4)21-14-25-15-21;/h5-11,13,19,21,25H,1,12,14-16H2,2-4H3;1H. The molecule has 2 aromatic rings. The van der Waals surface area contributed by atoms with E-state index >= 15 is 0 Å². The number of nitrogens with zero attached hydrogens (tertiary/aromatic N) is 1. The summed E-state index contributed by atoms with van der Waals surface area (Å²) in [6.45, 7) is 12.7. The molecule has 1 aliphatic rings. The van der Waals surface area contributed by atoms with Crippen LogP contribution in [0, 0.1) is 25.7 Å². The molecule has 0 saturated carbocycles. The fourth-order valence-corrected chi connectivity index (χ4v) is 3.40. The van der Waals surface area contributed by atoms with Crippen LogP contribution in [0.25, 0.3) is 0 Å². The molecular formula is C24H31ClN2O2. The number of rotatable bonds is 8. The van der Waals surface area contributed by atoms with Crippen LogP contribution in [0.15, 0.2) is 55.1 Å². The number of hydrogen-bond acceptors (Lipinski definition) is 3. The van der Waals surface area contributed by atoms with E-state index in [9.17, 15) is 4.79 Å². The van der Waals surface area contributed by atoms with Gasteiger partial charge >= 0.3 is 0 Å². The molecule has 1 unspecified atom stereocenters. The molecule has 0 bridgehead atoms. The summed E-state index contributed by atoms with van der Waals surface area (Å²) in [5, 5.41) is 3.27. The molecule has 4 nitrogen and oxygen atoms in total. The Morgan fingerprint density at radius 2 is 1.97 bits per heavy atom. The molecule has 0 aliphatic carbocycles. The average Bonchev–Trinajstić information content (AvgIpc) is 2.65. The number of benzene rings is 2. The van der Waals surface area contributed by atoms with Crippen LogP contribution < -0.4 is 15.0 Å². The lowest BCUT2D eigenvalue weighted by atomic mass is 9.87. The van der Waals surface area contributed by atoms with Crippen molar-refractivity contribution in [3.63, 3.8) is 0 Å². The van der Waals surface area contributed by atoms with Gasteiger partial charge in [-0.3, -0.25) is 4.79 Å². The van der Waals surface area contributed by atoms with E-state index in [0.717, 1.165) is 30.1 Å². The summed E-state index contributed by atoms with van der Waals surface area (Å²) in [7, 11) is 0. The Labute approximate surface area is 180 Å². The van der Waals surface area contributed by atoms with Gasteiger partial charge in [-0.1, -0.05) is 43.8 Å². The second-order valence-corrected chi connectivity index (χ2v) is 7.61. The molecule has 1 amide bonds. The highest BCUT2D eigenvalue weighted by atomic mass is 35.5. The highest BCUT2D eigenvalue weighted by Gasteiger charge is 2.32. The number of amides is 1. The van der Waals surface area contributed by atoms with Gasteiger partial charge in [-0.25, -0.2) is 0 Å². The molecule has 1 fully saturated rings. The van der Waals surface area contributed by atoms with Crippen molar-refractivity contribution in [1.29, 1.82) is 0 Å². The summed E-state index contributed by atoms with van der Waals surface area (Å²) in [6, 6.07) is 14.1. The van der Waals surface area contributed by atoms with E-state index in [1.54, 1.807) is 6.08 Å². The number of carbonyl (C=O) groups is 1. The zero-order valence-corrected chi connectivity index (χ0v) is 18.3. The third-order valence-corrected chi connectivity index (χ3v) is 5.64. The maximum absolute atomic E-state index is 13.4. The topological polar surface area (TPSA) is 41.6 Å². The smallest absolute Gasteiger partial charge is 0.230 e. The second kappa shape index (κ2) is 10.5. The fraction of sp³-hybridized carbons (Fsp3) is 0.375. The van der Waals surface area contributed by atoms with Crippen LogP contribution >= 0.6 is 12.4 Å². The van der Waals surface area contributed by atoms with Gasteiger partial charge in [0.1, 0.15) is 12.4 Å². The van der Waals surface area contributed by atoms with Crippen molar-refractivity contribution in [1.82, 2.24) is 5.32 Å². The number of nitrogens with one attached hydrogen (secondary N) is 1. The SMILES string of the molecule is C=CCOc1ccccc1CN(C(=O)C(C)C1CNC1)c1ccc(C)c(C)c1.Cl. The van der Waals surface area contributed by atoms with Crippen LogP contribution in [0.2, 0.25) is 0 Å². The first-order chi connectivity index (χ1) is 13.5. The first kappa shape index (κ1) is 23.0. The number of aryl methyl sites for hydroxylation is 2. The maximum Gasteiger partial charge on any atom is 0.230 e. The van der Waals surface area contributed by atoms with Gasteiger partial charge in [0, 0.05) is 17.2 Å². The molecule has 1 N–H and O–H groups in total. The normalized spacial score (nSPS) is 14.3. The Morgan fingerprint density at radius 3 is 2.59 bits per heavy atom. The largest absolute Gasteiger partial charge is 0.489 e. The Balaban J connectivity index is 0.00000300. The van der Waals surface area contributed by atoms with E-state index in [4.69, 9.17) is 4.74 Å². The number of halogens is 1. The Morgan fingerprint density at radius 1 is 1.24 bits per heavy atom. The first-order valence-electron chi connectivity index (χ1n) is 9.92. The molecule has 3 rings (SSSR count). The van der Waals surface area contributed by atoms with Crippen molar-refractivity contribution in [2.75, 3.05) is 24.6 Å². The molecule has 0 radical (unpaired) electrons. The van der Waals surface area contributed by atoms with Crippen molar-refractivity contribution in [2.24, 2.45) is 11.8 Å². The zero-order chi connectivity index (χ0) is 20.1. The highest BCUT2D eigenvalue weighted by molar-refractivity contribution is 5.95. The van der Waals surface area contributed by atoms with E-state index in [1.165, 1.54) is 11.1 Å². The minimum atomic E-state index is -0.0240. The number of hydrogen-bond donors (Lipinski definition) is 1.